The summed E-state index contributed by atoms with van der Waals surface area (Å²) in [5, 5.41) is 0. The van der Waals surface area contributed by atoms with E-state index in [2.05, 4.69) is 18.2 Å². The van der Waals surface area contributed by atoms with E-state index < -0.39 is 0 Å². The Bertz CT molecular complexity index is 485. The molecule has 0 spiro atoms. The molecule has 1 saturated heterocycles. The van der Waals surface area contributed by atoms with E-state index in [0.717, 1.165) is 25.8 Å². The Hall–Kier alpha value is -1.35. The summed E-state index contributed by atoms with van der Waals surface area (Å²) in [6, 6.07) is 8.41. The second kappa shape index (κ2) is 4.09. The minimum absolute atomic E-state index is 0.269. The Balaban J connectivity index is 2.18. The van der Waals surface area contributed by atoms with Gasteiger partial charge < -0.3 is 10.6 Å². The number of hydrogen-bond donors (Lipinski definition) is 1. The van der Waals surface area contributed by atoms with Crippen LogP contribution >= 0.6 is 0 Å². The van der Waals surface area contributed by atoms with Gasteiger partial charge in [0.15, 0.2) is 0 Å². The normalized spacial score (nSPS) is 30.2. The summed E-state index contributed by atoms with van der Waals surface area (Å²) in [6.07, 6.45) is 2.97. The Labute approximate surface area is 108 Å². The van der Waals surface area contributed by atoms with Crippen molar-refractivity contribution in [3.63, 3.8) is 0 Å². The van der Waals surface area contributed by atoms with Gasteiger partial charge in [-0.15, -0.1) is 0 Å². The van der Waals surface area contributed by atoms with Gasteiger partial charge in [-0.3, -0.25) is 4.79 Å². The molecule has 1 amide bonds. The third-order valence-corrected chi connectivity index (χ3v) is 4.72. The maximum absolute atomic E-state index is 12.7. The Morgan fingerprint density at radius 1 is 1.44 bits per heavy atom. The maximum Gasteiger partial charge on any atom is 0.233 e. The summed E-state index contributed by atoms with van der Waals surface area (Å²) in [6.45, 7) is 1.46. The molecule has 1 aliphatic carbocycles. The molecular weight excluding hydrogens is 224 g/mol. The number of hydrogen-bond acceptors (Lipinski definition) is 2. The fraction of sp³-hybridized carbons (Fsp3) is 0.533. The lowest BCUT2D eigenvalue weighted by Crippen LogP contribution is -2.44. The predicted octanol–water partition coefficient (Wildman–Crippen LogP) is 1.31. The van der Waals surface area contributed by atoms with Crippen LogP contribution in [0.2, 0.25) is 0 Å². The van der Waals surface area contributed by atoms with Crippen LogP contribution in [0.1, 0.15) is 24.0 Å². The lowest BCUT2D eigenvalue weighted by molar-refractivity contribution is -0.132. The Morgan fingerprint density at radius 3 is 3.00 bits per heavy atom. The van der Waals surface area contributed by atoms with E-state index >= 15 is 0 Å². The lowest BCUT2D eigenvalue weighted by Gasteiger charge is -2.38. The molecule has 1 aliphatic heterocycles. The molecule has 0 bridgehead atoms. The third kappa shape index (κ3) is 1.37. The highest BCUT2D eigenvalue weighted by molar-refractivity contribution is 5.91. The molecule has 2 aliphatic rings. The van der Waals surface area contributed by atoms with Crippen LogP contribution in [-0.2, 0) is 16.6 Å². The zero-order chi connectivity index (χ0) is 12.8. The van der Waals surface area contributed by atoms with Crippen LogP contribution in [0, 0.1) is 5.92 Å². The average molecular weight is 244 g/mol. The van der Waals surface area contributed by atoms with E-state index in [4.69, 9.17) is 5.73 Å². The molecule has 2 N–H and O–H groups in total. The zero-order valence-corrected chi connectivity index (χ0v) is 10.9. The van der Waals surface area contributed by atoms with E-state index in [1.54, 1.807) is 0 Å². The molecule has 0 saturated carbocycles. The number of likely N-dealkylation sites (N-methyl/N-ethyl adjacent to an activating group) is 1. The smallest absolute Gasteiger partial charge is 0.233 e. The van der Waals surface area contributed by atoms with Gasteiger partial charge >= 0.3 is 0 Å². The van der Waals surface area contributed by atoms with Gasteiger partial charge in [0.25, 0.3) is 0 Å². The van der Waals surface area contributed by atoms with E-state index in [1.807, 2.05) is 18.0 Å². The highest BCUT2D eigenvalue weighted by atomic mass is 16.2. The maximum atomic E-state index is 12.7. The molecule has 1 aromatic rings. The highest BCUT2D eigenvalue weighted by Crippen LogP contribution is 2.48. The fourth-order valence-electron chi connectivity index (χ4n) is 3.93. The standard InChI is InChI=1S/C15H20N2O/c1-17-10-12-7-6-11-4-2-3-5-13(11)15(12,8-9-16)14(17)18/h2-5,12H,6-10,16H2,1H3. The Kier molecular flexibility index (Phi) is 2.67. The summed E-state index contributed by atoms with van der Waals surface area (Å²) in [7, 11) is 1.92. The van der Waals surface area contributed by atoms with Crippen molar-refractivity contribution < 1.29 is 4.79 Å². The molecule has 3 nitrogen and oxygen atoms in total. The van der Waals surface area contributed by atoms with Crippen LogP contribution in [0.25, 0.3) is 0 Å². The number of nitrogens with two attached hydrogens (primary N) is 1. The molecule has 1 heterocycles. The van der Waals surface area contributed by atoms with Crippen molar-refractivity contribution in [1.82, 2.24) is 4.90 Å². The topological polar surface area (TPSA) is 46.3 Å². The Morgan fingerprint density at radius 2 is 2.22 bits per heavy atom. The van der Waals surface area contributed by atoms with Crippen molar-refractivity contribution >= 4 is 5.91 Å². The van der Waals surface area contributed by atoms with Crippen molar-refractivity contribution in [2.45, 2.75) is 24.7 Å². The summed E-state index contributed by atoms with van der Waals surface area (Å²) in [5.74, 6) is 0.707. The fourth-order valence-corrected chi connectivity index (χ4v) is 3.93. The molecule has 1 aromatic carbocycles. The van der Waals surface area contributed by atoms with Gasteiger partial charge in [0.05, 0.1) is 5.41 Å². The quantitative estimate of drug-likeness (QED) is 0.852. The van der Waals surface area contributed by atoms with Gasteiger partial charge in [-0.25, -0.2) is 0 Å². The molecule has 1 fully saturated rings. The molecule has 2 atom stereocenters. The zero-order valence-electron chi connectivity index (χ0n) is 10.9. The molecule has 3 rings (SSSR count). The van der Waals surface area contributed by atoms with Crippen LogP contribution in [-0.4, -0.2) is 30.9 Å². The van der Waals surface area contributed by atoms with Crippen LogP contribution in [0.15, 0.2) is 24.3 Å². The number of carbonyl (C=O) groups excluding carboxylic acids is 1. The summed E-state index contributed by atoms with van der Waals surface area (Å²) in [4.78, 5) is 14.6. The van der Waals surface area contributed by atoms with E-state index in [1.165, 1.54) is 11.1 Å². The van der Waals surface area contributed by atoms with Gasteiger partial charge in [-0.1, -0.05) is 24.3 Å². The molecule has 18 heavy (non-hydrogen) atoms. The second-order valence-electron chi connectivity index (χ2n) is 5.59. The van der Waals surface area contributed by atoms with Gasteiger partial charge in [0, 0.05) is 13.6 Å². The van der Waals surface area contributed by atoms with Crippen molar-refractivity contribution in [3.05, 3.63) is 35.4 Å². The first kappa shape index (κ1) is 11.7. The monoisotopic (exact) mass is 244 g/mol. The van der Waals surface area contributed by atoms with Gasteiger partial charge in [0.1, 0.15) is 0 Å². The number of carbonyl (C=O) groups is 1. The van der Waals surface area contributed by atoms with Crippen molar-refractivity contribution in [3.8, 4) is 0 Å². The SMILES string of the molecule is CN1CC2CCc3ccccc3C2(CCN)C1=O. The number of aryl methyl sites for hydroxylation is 1. The number of nitrogens with zero attached hydrogens (tertiary/aromatic N) is 1. The first-order valence-electron chi connectivity index (χ1n) is 6.74. The predicted molar refractivity (Wildman–Crippen MR) is 71.2 cm³/mol. The second-order valence-corrected chi connectivity index (χ2v) is 5.59. The lowest BCUT2D eigenvalue weighted by atomic mass is 9.63. The van der Waals surface area contributed by atoms with Crippen molar-refractivity contribution in [2.24, 2.45) is 11.7 Å². The summed E-state index contributed by atoms with van der Waals surface area (Å²) >= 11 is 0. The van der Waals surface area contributed by atoms with Crippen molar-refractivity contribution in [2.75, 3.05) is 20.1 Å². The van der Waals surface area contributed by atoms with Crippen LogP contribution in [0.4, 0.5) is 0 Å². The largest absolute Gasteiger partial charge is 0.345 e. The van der Waals surface area contributed by atoms with Gasteiger partial charge in [0.2, 0.25) is 5.91 Å². The third-order valence-electron chi connectivity index (χ3n) is 4.72. The van der Waals surface area contributed by atoms with E-state index in [9.17, 15) is 4.79 Å². The van der Waals surface area contributed by atoms with Gasteiger partial charge in [-0.2, -0.15) is 0 Å². The van der Waals surface area contributed by atoms with Crippen molar-refractivity contribution in [1.29, 1.82) is 0 Å². The minimum Gasteiger partial charge on any atom is -0.345 e. The number of rotatable bonds is 2. The molecule has 2 unspecified atom stereocenters. The first-order valence-corrected chi connectivity index (χ1v) is 6.74. The summed E-state index contributed by atoms with van der Waals surface area (Å²) in [5.41, 5.74) is 8.05. The minimum atomic E-state index is -0.335. The molecule has 3 heteroatoms. The summed E-state index contributed by atoms with van der Waals surface area (Å²) < 4.78 is 0. The number of fused-ring (bicyclic) bond motifs is 3. The average Bonchev–Trinajstić information content (AvgIpc) is 2.64. The molecule has 0 radical (unpaired) electrons. The number of likely N-dealkylation sites (tertiary alicyclic amines) is 1. The first-order chi connectivity index (χ1) is 8.70. The van der Waals surface area contributed by atoms with Crippen LogP contribution < -0.4 is 5.73 Å². The molecule has 96 valence electrons. The van der Waals surface area contributed by atoms with E-state index in [-0.39, 0.29) is 11.3 Å². The van der Waals surface area contributed by atoms with E-state index in [0.29, 0.717) is 12.5 Å². The number of benzene rings is 1. The molecular formula is C15H20N2O. The molecule has 0 aromatic heterocycles. The van der Waals surface area contributed by atoms with Gasteiger partial charge in [-0.05, 0) is 42.9 Å². The number of amides is 1. The van der Waals surface area contributed by atoms with Crippen LogP contribution in [0.3, 0.4) is 0 Å². The van der Waals surface area contributed by atoms with Crippen LogP contribution in [0.5, 0.6) is 0 Å². The highest BCUT2D eigenvalue weighted by Gasteiger charge is 2.55.